The van der Waals surface area contributed by atoms with E-state index in [2.05, 4.69) is 15.2 Å². The van der Waals surface area contributed by atoms with E-state index in [9.17, 15) is 9.90 Å². The molecule has 0 bridgehead atoms. The summed E-state index contributed by atoms with van der Waals surface area (Å²) < 4.78 is 1.86. The fourth-order valence-electron chi connectivity index (χ4n) is 3.04. The highest BCUT2D eigenvalue weighted by Crippen LogP contribution is 2.37. The number of carboxylic acids is 1. The Bertz CT molecular complexity index is 1030. The Hall–Kier alpha value is -2.99. The van der Waals surface area contributed by atoms with Crippen molar-refractivity contribution >= 4 is 23.8 Å². The van der Waals surface area contributed by atoms with Gasteiger partial charge >= 0.3 is 5.97 Å². The number of carbonyl (C=O) groups is 1. The molecule has 1 unspecified atom stereocenters. The van der Waals surface area contributed by atoms with E-state index in [1.54, 1.807) is 30.5 Å². The van der Waals surface area contributed by atoms with Crippen LogP contribution in [0.5, 0.6) is 0 Å². The fourth-order valence-corrected chi connectivity index (χ4v) is 3.28. The van der Waals surface area contributed by atoms with Gasteiger partial charge in [-0.25, -0.2) is 4.79 Å². The summed E-state index contributed by atoms with van der Waals surface area (Å²) in [5, 5.41) is 18.2. The maximum absolute atomic E-state index is 11.4. The molecule has 25 heavy (non-hydrogen) atoms. The van der Waals surface area contributed by atoms with Crippen LogP contribution in [0, 0.1) is 6.92 Å². The summed E-state index contributed by atoms with van der Waals surface area (Å²) in [5.41, 5.74) is 2.54. The van der Waals surface area contributed by atoms with E-state index >= 15 is 0 Å². The summed E-state index contributed by atoms with van der Waals surface area (Å²) in [7, 11) is 0. The highest BCUT2D eigenvalue weighted by molar-refractivity contribution is 6.31. The van der Waals surface area contributed by atoms with E-state index in [1.165, 1.54) is 0 Å². The van der Waals surface area contributed by atoms with Crippen molar-refractivity contribution in [1.29, 1.82) is 0 Å². The molecule has 4 rings (SSSR count). The first-order valence-electron chi connectivity index (χ1n) is 7.63. The third kappa shape index (κ3) is 2.51. The molecule has 0 aliphatic carbocycles. The Morgan fingerprint density at radius 1 is 1.16 bits per heavy atom. The van der Waals surface area contributed by atoms with Crippen LogP contribution in [-0.4, -0.2) is 32.1 Å². The Morgan fingerprint density at radius 3 is 2.72 bits per heavy atom. The first kappa shape index (κ1) is 15.5. The van der Waals surface area contributed by atoms with Crippen molar-refractivity contribution in [1.82, 2.24) is 14.8 Å². The van der Waals surface area contributed by atoms with Crippen molar-refractivity contribution in [3.05, 3.63) is 75.8 Å². The number of fused-ring (bicyclic) bond motifs is 3. The van der Waals surface area contributed by atoms with E-state index in [1.807, 2.05) is 29.7 Å². The molecule has 0 spiro atoms. The van der Waals surface area contributed by atoms with E-state index in [4.69, 9.17) is 11.6 Å². The minimum Gasteiger partial charge on any atom is -0.478 e. The third-order valence-electron chi connectivity index (χ3n) is 4.20. The number of benzene rings is 2. The van der Waals surface area contributed by atoms with Crippen molar-refractivity contribution in [2.75, 3.05) is 0 Å². The van der Waals surface area contributed by atoms with Crippen LogP contribution in [-0.2, 0) is 0 Å². The van der Waals surface area contributed by atoms with Gasteiger partial charge in [0.15, 0.2) is 5.82 Å². The number of aliphatic imine (C=N–C) groups is 1. The third-order valence-corrected chi connectivity index (χ3v) is 4.54. The molecule has 0 saturated heterocycles. The van der Waals surface area contributed by atoms with Crippen LogP contribution in [0.25, 0.3) is 5.69 Å². The van der Waals surface area contributed by atoms with Gasteiger partial charge in [-0.2, -0.15) is 0 Å². The number of aromatic nitrogens is 3. The zero-order valence-corrected chi connectivity index (χ0v) is 14.0. The van der Waals surface area contributed by atoms with Crippen LogP contribution in [0.2, 0.25) is 5.02 Å². The normalized spacial score (nSPS) is 15.4. The molecular formula is C18H13ClN4O2. The summed E-state index contributed by atoms with van der Waals surface area (Å²) in [6.45, 7) is 1.84. The summed E-state index contributed by atoms with van der Waals surface area (Å²) in [6, 6.07) is 12.0. The van der Waals surface area contributed by atoms with Crippen LogP contribution >= 0.6 is 11.6 Å². The Balaban J connectivity index is 2.02. The number of nitrogens with zero attached hydrogens (tertiary/aromatic N) is 4. The highest BCUT2D eigenvalue weighted by Gasteiger charge is 2.25. The predicted octanol–water partition coefficient (Wildman–Crippen LogP) is 3.45. The first-order chi connectivity index (χ1) is 12.1. The smallest absolute Gasteiger partial charge is 0.335 e. The Morgan fingerprint density at radius 2 is 1.96 bits per heavy atom. The summed E-state index contributed by atoms with van der Waals surface area (Å²) >= 11 is 6.37. The molecule has 0 amide bonds. The van der Waals surface area contributed by atoms with Crippen molar-refractivity contribution in [3.8, 4) is 5.69 Å². The topological polar surface area (TPSA) is 80.4 Å². The van der Waals surface area contributed by atoms with E-state index in [0.29, 0.717) is 16.7 Å². The molecule has 1 atom stereocenters. The maximum atomic E-state index is 11.4. The van der Waals surface area contributed by atoms with Gasteiger partial charge in [-0.05, 0) is 36.8 Å². The van der Waals surface area contributed by atoms with Gasteiger partial charge in [-0.1, -0.05) is 29.8 Å². The van der Waals surface area contributed by atoms with Gasteiger partial charge in [0.1, 0.15) is 11.9 Å². The molecule has 0 fully saturated rings. The van der Waals surface area contributed by atoms with Crippen LogP contribution in [0.15, 0.2) is 47.5 Å². The monoisotopic (exact) mass is 352 g/mol. The molecule has 7 heteroatoms. The van der Waals surface area contributed by atoms with Crippen LogP contribution in [0.1, 0.15) is 39.2 Å². The summed E-state index contributed by atoms with van der Waals surface area (Å²) in [4.78, 5) is 16.1. The fraction of sp³-hybridized carbons (Fsp3) is 0.111. The number of aromatic carboxylic acids is 1. The number of carboxylic acid groups (broad SMARTS) is 1. The quantitative estimate of drug-likeness (QED) is 0.766. The second-order valence-electron chi connectivity index (χ2n) is 5.72. The van der Waals surface area contributed by atoms with Crippen molar-refractivity contribution in [2.24, 2.45) is 4.99 Å². The molecule has 2 aromatic carbocycles. The van der Waals surface area contributed by atoms with Crippen LogP contribution in [0.3, 0.4) is 0 Å². The van der Waals surface area contributed by atoms with E-state index in [-0.39, 0.29) is 5.56 Å². The van der Waals surface area contributed by atoms with Crippen molar-refractivity contribution in [2.45, 2.75) is 13.0 Å². The molecule has 1 aliphatic rings. The Labute approximate surface area is 148 Å². The molecule has 0 saturated carbocycles. The van der Waals surface area contributed by atoms with Crippen LogP contribution in [0.4, 0.5) is 0 Å². The number of hydrogen-bond acceptors (Lipinski definition) is 4. The van der Waals surface area contributed by atoms with Gasteiger partial charge in [-0.3, -0.25) is 9.56 Å². The van der Waals surface area contributed by atoms with Gasteiger partial charge in [0.2, 0.25) is 0 Å². The summed E-state index contributed by atoms with van der Waals surface area (Å²) in [5.74, 6) is 0.302. The van der Waals surface area contributed by atoms with Gasteiger partial charge in [0, 0.05) is 10.6 Å². The molecule has 6 nitrogen and oxygen atoms in total. The predicted molar refractivity (Wildman–Crippen MR) is 93.9 cm³/mol. The molecule has 124 valence electrons. The molecular weight excluding hydrogens is 340 g/mol. The van der Waals surface area contributed by atoms with Gasteiger partial charge in [0.05, 0.1) is 17.5 Å². The largest absolute Gasteiger partial charge is 0.478 e. The second kappa shape index (κ2) is 5.82. The van der Waals surface area contributed by atoms with Crippen molar-refractivity contribution in [3.63, 3.8) is 0 Å². The number of aryl methyl sites for hydroxylation is 1. The molecule has 1 aromatic heterocycles. The minimum atomic E-state index is -0.991. The van der Waals surface area contributed by atoms with Crippen molar-refractivity contribution < 1.29 is 9.90 Å². The number of rotatable bonds is 2. The lowest BCUT2D eigenvalue weighted by atomic mass is 9.95. The lowest BCUT2D eigenvalue weighted by Gasteiger charge is -2.18. The maximum Gasteiger partial charge on any atom is 0.335 e. The zero-order valence-electron chi connectivity index (χ0n) is 13.2. The molecule has 1 N–H and O–H groups in total. The summed E-state index contributed by atoms with van der Waals surface area (Å²) in [6.07, 6.45) is 1.65. The first-order valence-corrected chi connectivity index (χ1v) is 8.01. The molecule has 0 radical (unpaired) electrons. The minimum absolute atomic E-state index is 0.195. The van der Waals surface area contributed by atoms with E-state index < -0.39 is 12.0 Å². The Kier molecular flexibility index (Phi) is 3.62. The zero-order chi connectivity index (χ0) is 17.6. The number of halogens is 1. The average Bonchev–Trinajstić information content (AvgIpc) is 2.88. The SMILES string of the molecule is Cc1nnc2n1-c1ccc(C(=O)O)cc1C(c1ccccc1Cl)N=C2. The average molecular weight is 353 g/mol. The molecule has 2 heterocycles. The molecule has 3 aromatic rings. The highest BCUT2D eigenvalue weighted by atomic mass is 35.5. The second-order valence-corrected chi connectivity index (χ2v) is 6.13. The van der Waals surface area contributed by atoms with Crippen LogP contribution < -0.4 is 0 Å². The van der Waals surface area contributed by atoms with Gasteiger partial charge in [0.25, 0.3) is 0 Å². The lowest BCUT2D eigenvalue weighted by Crippen LogP contribution is -2.08. The standard InChI is InChI=1S/C18H13ClN4O2/c1-10-21-22-16-9-20-17(12-4-2-3-5-14(12)19)13-8-11(18(24)25)6-7-15(13)23(10)16/h2-9,17H,1H3,(H,24,25). The van der Waals surface area contributed by atoms with E-state index in [0.717, 1.165) is 16.8 Å². The lowest BCUT2D eigenvalue weighted by molar-refractivity contribution is 0.0697. The van der Waals surface area contributed by atoms with Gasteiger partial charge < -0.3 is 5.11 Å². The number of hydrogen-bond donors (Lipinski definition) is 1. The van der Waals surface area contributed by atoms with Gasteiger partial charge in [-0.15, -0.1) is 10.2 Å². The molecule has 1 aliphatic heterocycles.